The predicted octanol–water partition coefficient (Wildman–Crippen LogP) is 2.63. The van der Waals surface area contributed by atoms with Gasteiger partial charge in [-0.15, -0.1) is 0 Å². The Morgan fingerprint density at radius 1 is 1.19 bits per heavy atom. The molecule has 0 unspecified atom stereocenters. The van der Waals surface area contributed by atoms with E-state index in [1.54, 1.807) is 18.5 Å². The molecule has 4 nitrogen and oxygen atoms in total. The van der Waals surface area contributed by atoms with Crippen LogP contribution in [0.5, 0.6) is 0 Å². The second-order valence-corrected chi connectivity index (χ2v) is 5.05. The molecular formula is C17H15N3O. The topological polar surface area (TPSA) is 68.9 Å². The Labute approximate surface area is 122 Å². The predicted molar refractivity (Wildman–Crippen MR) is 82.0 cm³/mol. The Hall–Kier alpha value is -2.75. The van der Waals surface area contributed by atoms with E-state index in [1.165, 1.54) is 0 Å². The third-order valence-corrected chi connectivity index (χ3v) is 3.46. The van der Waals surface area contributed by atoms with Crippen molar-refractivity contribution < 1.29 is 4.79 Å². The smallest absolute Gasteiger partial charge is 0.249 e. The van der Waals surface area contributed by atoms with Gasteiger partial charge in [-0.2, -0.15) is 0 Å². The summed E-state index contributed by atoms with van der Waals surface area (Å²) in [6.07, 6.45) is 3.88. The second kappa shape index (κ2) is 5.32. The molecule has 0 spiro atoms. The number of hydrogen-bond donors (Lipinski definition) is 1. The Balaban J connectivity index is 2.00. The quantitative estimate of drug-likeness (QED) is 0.800. The number of benzene rings is 1. The third kappa shape index (κ3) is 2.74. The van der Waals surface area contributed by atoms with Gasteiger partial charge in [-0.3, -0.25) is 14.8 Å². The van der Waals surface area contributed by atoms with Gasteiger partial charge < -0.3 is 5.73 Å². The van der Waals surface area contributed by atoms with Crippen molar-refractivity contribution in [2.75, 3.05) is 0 Å². The number of primary amides is 1. The van der Waals surface area contributed by atoms with Crippen molar-refractivity contribution >= 4 is 16.8 Å². The average molecular weight is 277 g/mol. The van der Waals surface area contributed by atoms with Crippen LogP contribution < -0.4 is 5.73 Å². The highest BCUT2D eigenvalue weighted by atomic mass is 16.1. The van der Waals surface area contributed by atoms with Crippen LogP contribution in [0.3, 0.4) is 0 Å². The lowest BCUT2D eigenvalue weighted by molar-refractivity contribution is 0.0999. The fourth-order valence-corrected chi connectivity index (χ4v) is 2.40. The van der Waals surface area contributed by atoms with Gasteiger partial charge in [0.15, 0.2) is 0 Å². The van der Waals surface area contributed by atoms with Gasteiger partial charge in [0.25, 0.3) is 0 Å². The van der Waals surface area contributed by atoms with Crippen molar-refractivity contribution in [1.29, 1.82) is 0 Å². The van der Waals surface area contributed by atoms with Gasteiger partial charge in [-0.1, -0.05) is 18.2 Å². The maximum Gasteiger partial charge on any atom is 0.249 e. The van der Waals surface area contributed by atoms with Gasteiger partial charge in [0.1, 0.15) is 0 Å². The Morgan fingerprint density at radius 2 is 2.00 bits per heavy atom. The number of carbonyl (C=O) groups excluding carboxylic acids is 1. The monoisotopic (exact) mass is 277 g/mol. The molecule has 1 amide bonds. The number of hydrogen-bond acceptors (Lipinski definition) is 3. The summed E-state index contributed by atoms with van der Waals surface area (Å²) in [4.78, 5) is 20.1. The number of nitrogens with zero attached hydrogens (tertiary/aromatic N) is 2. The Bertz CT molecular complexity index is 827. The zero-order valence-electron chi connectivity index (χ0n) is 11.7. The summed E-state index contributed by atoms with van der Waals surface area (Å²) in [6, 6.07) is 11.8. The fourth-order valence-electron chi connectivity index (χ4n) is 2.40. The van der Waals surface area contributed by atoms with Gasteiger partial charge in [0.2, 0.25) is 5.91 Å². The molecule has 21 heavy (non-hydrogen) atoms. The zero-order valence-corrected chi connectivity index (χ0v) is 11.7. The van der Waals surface area contributed by atoms with E-state index in [0.717, 1.165) is 27.7 Å². The molecule has 0 fully saturated rings. The van der Waals surface area contributed by atoms with E-state index in [0.29, 0.717) is 12.0 Å². The number of amides is 1. The first-order chi connectivity index (χ1) is 10.1. The maximum absolute atomic E-state index is 11.5. The normalized spacial score (nSPS) is 10.7. The summed E-state index contributed by atoms with van der Waals surface area (Å²) in [7, 11) is 0. The first-order valence-corrected chi connectivity index (χ1v) is 6.72. The van der Waals surface area contributed by atoms with E-state index in [1.807, 2.05) is 31.2 Å². The molecule has 0 bridgehead atoms. The van der Waals surface area contributed by atoms with Gasteiger partial charge >= 0.3 is 0 Å². The van der Waals surface area contributed by atoms with Crippen LogP contribution in [0.1, 0.15) is 27.2 Å². The zero-order chi connectivity index (χ0) is 14.8. The standard InChI is InChI=1S/C17H15N3O/c1-11-2-4-13-5-3-12(9-16(13)20-11)8-14-10-19-7-6-15(14)17(18)21/h2-7,9-10H,8H2,1H3,(H2,18,21). The molecule has 3 rings (SSSR count). The Morgan fingerprint density at radius 3 is 2.81 bits per heavy atom. The minimum absolute atomic E-state index is 0.429. The minimum atomic E-state index is -0.429. The number of rotatable bonds is 3. The van der Waals surface area contributed by atoms with E-state index in [4.69, 9.17) is 5.73 Å². The lowest BCUT2D eigenvalue weighted by atomic mass is 10.0. The Kier molecular flexibility index (Phi) is 3.36. The average Bonchev–Trinajstić information content (AvgIpc) is 2.47. The second-order valence-electron chi connectivity index (χ2n) is 5.05. The van der Waals surface area contributed by atoms with E-state index < -0.39 is 5.91 Å². The van der Waals surface area contributed by atoms with Crippen LogP contribution >= 0.6 is 0 Å². The summed E-state index contributed by atoms with van der Waals surface area (Å²) in [5, 5.41) is 1.10. The van der Waals surface area contributed by atoms with E-state index in [-0.39, 0.29) is 0 Å². The van der Waals surface area contributed by atoms with Gasteiger partial charge in [-0.25, -0.2) is 0 Å². The molecule has 0 saturated carbocycles. The molecular weight excluding hydrogens is 262 g/mol. The highest BCUT2D eigenvalue weighted by molar-refractivity contribution is 5.94. The lowest BCUT2D eigenvalue weighted by Crippen LogP contribution is -2.14. The summed E-state index contributed by atoms with van der Waals surface area (Å²) < 4.78 is 0. The molecule has 2 aromatic heterocycles. The number of aromatic nitrogens is 2. The molecule has 4 heteroatoms. The van der Waals surface area contributed by atoms with Crippen LogP contribution in [0, 0.1) is 6.92 Å². The van der Waals surface area contributed by atoms with Crippen LogP contribution in [0.25, 0.3) is 10.9 Å². The third-order valence-electron chi connectivity index (χ3n) is 3.46. The van der Waals surface area contributed by atoms with Crippen molar-refractivity contribution in [3.8, 4) is 0 Å². The number of carbonyl (C=O) groups is 1. The van der Waals surface area contributed by atoms with Gasteiger partial charge in [0, 0.05) is 29.0 Å². The molecule has 2 heterocycles. The van der Waals surface area contributed by atoms with Crippen molar-refractivity contribution in [2.45, 2.75) is 13.3 Å². The maximum atomic E-state index is 11.5. The van der Waals surface area contributed by atoms with Crippen molar-refractivity contribution in [3.05, 3.63) is 71.2 Å². The summed E-state index contributed by atoms with van der Waals surface area (Å²) in [6.45, 7) is 1.97. The number of nitrogens with two attached hydrogens (primary N) is 1. The van der Waals surface area contributed by atoms with Crippen molar-refractivity contribution in [1.82, 2.24) is 9.97 Å². The first-order valence-electron chi connectivity index (χ1n) is 6.72. The van der Waals surface area contributed by atoms with Crippen LogP contribution in [0.4, 0.5) is 0 Å². The molecule has 0 aliphatic rings. The number of fused-ring (bicyclic) bond motifs is 1. The number of pyridine rings is 2. The molecule has 3 aromatic rings. The van der Waals surface area contributed by atoms with Crippen LogP contribution in [-0.4, -0.2) is 15.9 Å². The molecule has 104 valence electrons. The molecule has 1 aromatic carbocycles. The van der Waals surface area contributed by atoms with Gasteiger partial charge in [-0.05, 0) is 42.7 Å². The van der Waals surface area contributed by atoms with Crippen LogP contribution in [0.2, 0.25) is 0 Å². The minimum Gasteiger partial charge on any atom is -0.366 e. The van der Waals surface area contributed by atoms with Crippen LogP contribution in [-0.2, 0) is 6.42 Å². The lowest BCUT2D eigenvalue weighted by Gasteiger charge is -2.07. The van der Waals surface area contributed by atoms with E-state index in [9.17, 15) is 4.79 Å². The summed E-state index contributed by atoms with van der Waals surface area (Å²) >= 11 is 0. The largest absolute Gasteiger partial charge is 0.366 e. The van der Waals surface area contributed by atoms with Crippen molar-refractivity contribution in [3.63, 3.8) is 0 Å². The van der Waals surface area contributed by atoms with Crippen LogP contribution in [0.15, 0.2) is 48.8 Å². The molecule has 0 atom stereocenters. The number of aryl methyl sites for hydroxylation is 1. The highest BCUT2D eigenvalue weighted by Gasteiger charge is 2.09. The molecule has 2 N–H and O–H groups in total. The molecule has 0 aliphatic carbocycles. The van der Waals surface area contributed by atoms with E-state index in [2.05, 4.69) is 16.0 Å². The summed E-state index contributed by atoms with van der Waals surface area (Å²) in [5.41, 5.74) is 9.77. The first kappa shape index (κ1) is 13.2. The highest BCUT2D eigenvalue weighted by Crippen LogP contribution is 2.18. The fraction of sp³-hybridized carbons (Fsp3) is 0.118. The van der Waals surface area contributed by atoms with E-state index >= 15 is 0 Å². The summed E-state index contributed by atoms with van der Waals surface area (Å²) in [5.74, 6) is -0.429. The van der Waals surface area contributed by atoms with Crippen molar-refractivity contribution in [2.24, 2.45) is 5.73 Å². The SMILES string of the molecule is Cc1ccc2ccc(Cc3cnccc3C(N)=O)cc2n1. The molecule has 0 saturated heterocycles. The van der Waals surface area contributed by atoms with Gasteiger partial charge in [0.05, 0.1) is 5.52 Å². The molecule has 0 radical (unpaired) electrons. The molecule has 0 aliphatic heterocycles.